The Kier molecular flexibility index (Phi) is 6.51. The van der Waals surface area contributed by atoms with E-state index in [1.807, 2.05) is 71.8 Å². The van der Waals surface area contributed by atoms with Gasteiger partial charge in [0, 0.05) is 53.8 Å². The van der Waals surface area contributed by atoms with E-state index in [1.54, 1.807) is 10.9 Å². The van der Waals surface area contributed by atoms with E-state index in [1.165, 1.54) is 6.33 Å². The number of phenols is 1. The summed E-state index contributed by atoms with van der Waals surface area (Å²) in [4.78, 5) is 31.0. The molecule has 5 heterocycles. The van der Waals surface area contributed by atoms with Crippen molar-refractivity contribution in [2.45, 2.75) is 59.2 Å². The van der Waals surface area contributed by atoms with Gasteiger partial charge in [-0.2, -0.15) is 10.2 Å². The molecule has 2 atom stereocenters. The number of aromatic amines is 1. The van der Waals surface area contributed by atoms with Crippen LogP contribution in [0.15, 0.2) is 36.9 Å². The Balaban J connectivity index is 1.40. The standard InChI is InChI=1S/C30H35N9O3/c1-16-12-38(13-17(2)39(16)29(41)42-30(4,5)6)20-9-21-22(28-32-15-33-35-28)10-24(34-27(21)31-11-20)23-8-19-14-37(7)36-25(19)18(3)26(23)40/h8-11,14-17,40H,12-13H2,1-7H3,(H,32,33,35)/t16-,17+. The van der Waals surface area contributed by atoms with Gasteiger partial charge in [0.25, 0.3) is 0 Å². The number of aromatic nitrogens is 7. The maximum absolute atomic E-state index is 12.9. The van der Waals surface area contributed by atoms with Crippen molar-refractivity contribution in [2.24, 2.45) is 7.05 Å². The third-order valence-corrected chi connectivity index (χ3v) is 7.61. The van der Waals surface area contributed by atoms with Crippen molar-refractivity contribution < 1.29 is 14.6 Å². The SMILES string of the molecule is Cc1c(O)c(-c2cc(-c3ncn[nH]3)c3cc(N4C[C@@H](C)N(C(=O)OC(C)(C)C)[C@@H](C)C4)cnc3n2)cc2cn(C)nc12. The first kappa shape index (κ1) is 27.4. The Morgan fingerprint density at radius 2 is 1.83 bits per heavy atom. The van der Waals surface area contributed by atoms with Crippen LogP contribution in [0.25, 0.3) is 44.6 Å². The molecule has 1 amide bonds. The number of nitrogens with one attached hydrogen (secondary N) is 1. The molecule has 1 fully saturated rings. The highest BCUT2D eigenvalue weighted by Crippen LogP contribution is 2.39. The first-order valence-electron chi connectivity index (χ1n) is 14.0. The van der Waals surface area contributed by atoms with E-state index < -0.39 is 5.60 Å². The predicted octanol–water partition coefficient (Wildman–Crippen LogP) is 4.82. The van der Waals surface area contributed by atoms with Crippen LogP contribution in [0.1, 0.15) is 40.2 Å². The minimum absolute atomic E-state index is 0.0675. The number of nitrogens with zero attached hydrogens (tertiary/aromatic N) is 8. The molecular weight excluding hydrogens is 534 g/mol. The molecule has 1 aliphatic heterocycles. The van der Waals surface area contributed by atoms with E-state index in [2.05, 4.69) is 31.2 Å². The summed E-state index contributed by atoms with van der Waals surface area (Å²) >= 11 is 0. The van der Waals surface area contributed by atoms with Gasteiger partial charge < -0.3 is 14.7 Å². The number of H-pyrrole nitrogens is 1. The number of hydrogen-bond donors (Lipinski definition) is 2. The number of hydrogen-bond acceptors (Lipinski definition) is 9. The Hall–Kier alpha value is -4.74. The number of fused-ring (bicyclic) bond motifs is 2. The first-order chi connectivity index (χ1) is 19.9. The van der Waals surface area contributed by atoms with Crippen molar-refractivity contribution in [3.8, 4) is 28.4 Å². The molecule has 42 heavy (non-hydrogen) atoms. The molecule has 0 unspecified atom stereocenters. The number of phenolic OH excluding ortho intramolecular Hbond substituents is 1. The second-order valence-electron chi connectivity index (χ2n) is 12.1. The molecule has 0 bridgehead atoms. The normalized spacial score (nSPS) is 17.8. The molecule has 1 aromatic carbocycles. The van der Waals surface area contributed by atoms with E-state index in [9.17, 15) is 9.90 Å². The van der Waals surface area contributed by atoms with Crippen LogP contribution < -0.4 is 4.90 Å². The lowest BCUT2D eigenvalue weighted by Gasteiger charge is -2.45. The highest BCUT2D eigenvalue weighted by molar-refractivity contribution is 5.97. The smallest absolute Gasteiger partial charge is 0.410 e. The number of carbonyl (C=O) groups is 1. The van der Waals surface area contributed by atoms with Gasteiger partial charge >= 0.3 is 6.09 Å². The molecule has 1 aliphatic rings. The van der Waals surface area contributed by atoms with Crippen LogP contribution in [0.3, 0.4) is 0 Å². The van der Waals surface area contributed by atoms with Crippen molar-refractivity contribution in [2.75, 3.05) is 18.0 Å². The zero-order chi connectivity index (χ0) is 29.9. The van der Waals surface area contributed by atoms with Crippen LogP contribution >= 0.6 is 0 Å². The number of anilines is 1. The summed E-state index contributed by atoms with van der Waals surface area (Å²) in [5.41, 5.74) is 4.21. The van der Waals surface area contributed by atoms with E-state index in [4.69, 9.17) is 14.7 Å². The number of ether oxygens (including phenoxy) is 1. The topological polar surface area (TPSA) is 138 Å². The van der Waals surface area contributed by atoms with Gasteiger partial charge in [-0.05, 0) is 59.7 Å². The molecule has 218 valence electrons. The van der Waals surface area contributed by atoms with Crippen LogP contribution in [0.4, 0.5) is 10.5 Å². The number of carbonyl (C=O) groups excluding carboxylic acids is 1. The Morgan fingerprint density at radius 1 is 1.10 bits per heavy atom. The Morgan fingerprint density at radius 3 is 2.50 bits per heavy atom. The highest BCUT2D eigenvalue weighted by atomic mass is 16.6. The van der Waals surface area contributed by atoms with Crippen LogP contribution in [0, 0.1) is 6.92 Å². The third kappa shape index (κ3) is 4.86. The summed E-state index contributed by atoms with van der Waals surface area (Å²) in [6.07, 6.45) is 4.88. The molecule has 1 saturated heterocycles. The van der Waals surface area contributed by atoms with E-state index >= 15 is 0 Å². The van der Waals surface area contributed by atoms with Crippen LogP contribution in [-0.4, -0.2) is 81.8 Å². The van der Waals surface area contributed by atoms with Gasteiger partial charge in [0.15, 0.2) is 11.5 Å². The fraction of sp³-hybridized carbons (Fsp3) is 0.400. The molecule has 0 spiro atoms. The fourth-order valence-electron chi connectivity index (χ4n) is 5.78. The largest absolute Gasteiger partial charge is 0.507 e. The van der Waals surface area contributed by atoms with Gasteiger partial charge in [-0.3, -0.25) is 14.7 Å². The molecule has 12 heteroatoms. The lowest BCUT2D eigenvalue weighted by Crippen LogP contribution is -2.59. The van der Waals surface area contributed by atoms with Crippen molar-refractivity contribution in [3.05, 3.63) is 42.5 Å². The maximum Gasteiger partial charge on any atom is 0.410 e. The number of aromatic hydroxyl groups is 1. The zero-order valence-corrected chi connectivity index (χ0v) is 24.9. The van der Waals surface area contributed by atoms with Crippen molar-refractivity contribution in [3.63, 3.8) is 0 Å². The second-order valence-corrected chi connectivity index (χ2v) is 12.1. The average Bonchev–Trinajstić information content (AvgIpc) is 3.58. The maximum atomic E-state index is 12.9. The monoisotopic (exact) mass is 569 g/mol. The molecule has 0 radical (unpaired) electrons. The first-order valence-corrected chi connectivity index (χ1v) is 14.0. The molecule has 2 N–H and O–H groups in total. The van der Waals surface area contributed by atoms with Gasteiger partial charge in [-0.1, -0.05) is 0 Å². The molecule has 5 aromatic rings. The summed E-state index contributed by atoms with van der Waals surface area (Å²) in [7, 11) is 1.85. The molecule has 12 nitrogen and oxygen atoms in total. The summed E-state index contributed by atoms with van der Waals surface area (Å²) < 4.78 is 7.40. The summed E-state index contributed by atoms with van der Waals surface area (Å²) in [6.45, 7) is 12.8. The van der Waals surface area contributed by atoms with Gasteiger partial charge in [-0.25, -0.2) is 19.7 Å². The van der Waals surface area contributed by atoms with Crippen LogP contribution in [0.2, 0.25) is 0 Å². The zero-order valence-electron chi connectivity index (χ0n) is 24.9. The Labute approximate surface area is 243 Å². The second kappa shape index (κ2) is 9.97. The van der Waals surface area contributed by atoms with E-state index in [0.717, 1.165) is 27.5 Å². The van der Waals surface area contributed by atoms with E-state index in [-0.39, 0.29) is 23.9 Å². The molecular formula is C30H35N9O3. The number of piperazine rings is 1. The average molecular weight is 570 g/mol. The van der Waals surface area contributed by atoms with Gasteiger partial charge in [-0.15, -0.1) is 0 Å². The summed E-state index contributed by atoms with van der Waals surface area (Å²) in [6, 6.07) is 5.71. The fourth-order valence-corrected chi connectivity index (χ4v) is 5.78. The highest BCUT2D eigenvalue weighted by Gasteiger charge is 2.36. The summed E-state index contributed by atoms with van der Waals surface area (Å²) in [5, 5.41) is 24.4. The number of amides is 1. The van der Waals surface area contributed by atoms with Crippen molar-refractivity contribution in [1.29, 1.82) is 0 Å². The van der Waals surface area contributed by atoms with Gasteiger partial charge in [0.05, 0.1) is 35.2 Å². The Bertz CT molecular complexity index is 1790. The lowest BCUT2D eigenvalue weighted by atomic mass is 10.00. The van der Waals surface area contributed by atoms with Crippen molar-refractivity contribution in [1.82, 2.24) is 39.8 Å². The molecule has 0 saturated carbocycles. The van der Waals surface area contributed by atoms with Crippen LogP contribution in [-0.2, 0) is 11.8 Å². The third-order valence-electron chi connectivity index (χ3n) is 7.61. The minimum atomic E-state index is -0.557. The molecule has 4 aromatic heterocycles. The quantitative estimate of drug-likeness (QED) is 0.313. The molecule has 6 rings (SSSR count). The van der Waals surface area contributed by atoms with Crippen LogP contribution in [0.5, 0.6) is 5.75 Å². The number of pyridine rings is 2. The van der Waals surface area contributed by atoms with Gasteiger partial charge in [0.2, 0.25) is 0 Å². The molecule has 0 aliphatic carbocycles. The number of aryl methyl sites for hydroxylation is 2. The summed E-state index contributed by atoms with van der Waals surface area (Å²) in [5.74, 6) is 0.691. The predicted molar refractivity (Wildman–Crippen MR) is 160 cm³/mol. The minimum Gasteiger partial charge on any atom is -0.507 e. The van der Waals surface area contributed by atoms with E-state index in [0.29, 0.717) is 41.4 Å². The lowest BCUT2D eigenvalue weighted by molar-refractivity contribution is 0.00566. The van der Waals surface area contributed by atoms with Gasteiger partial charge in [0.1, 0.15) is 17.7 Å². The number of benzene rings is 1. The number of rotatable bonds is 3. The van der Waals surface area contributed by atoms with Crippen molar-refractivity contribution >= 4 is 33.7 Å².